The molecule has 1 unspecified atom stereocenters. The molecule has 1 amide bonds. The molecule has 32 heavy (non-hydrogen) atoms. The standard InChI is InChI=1S/C25H28FN5O/c1-28-12-14-30(15-13-28)22-5-2-19(3-6-22)20-4-7-23-21(16-20)8-10-31(23)24(32)25(26)9-11-29(17-25)18-27/h2-7,16H,8-15,17H2,1H3. The van der Waals surface area contributed by atoms with Crippen molar-refractivity contribution < 1.29 is 9.18 Å². The third kappa shape index (κ3) is 3.69. The lowest BCUT2D eigenvalue weighted by molar-refractivity contribution is -0.129. The van der Waals surface area contributed by atoms with Crippen molar-refractivity contribution in [3.05, 3.63) is 48.0 Å². The van der Waals surface area contributed by atoms with Crippen LogP contribution in [0.4, 0.5) is 15.8 Å². The molecule has 0 N–H and O–H groups in total. The van der Waals surface area contributed by atoms with Crippen molar-refractivity contribution >= 4 is 17.3 Å². The van der Waals surface area contributed by atoms with E-state index in [9.17, 15) is 4.79 Å². The molecule has 0 bridgehead atoms. The third-order valence-electron chi connectivity index (χ3n) is 7.03. The van der Waals surface area contributed by atoms with Crippen LogP contribution < -0.4 is 9.80 Å². The van der Waals surface area contributed by atoms with Crippen LogP contribution in [0.3, 0.4) is 0 Å². The third-order valence-corrected chi connectivity index (χ3v) is 7.03. The fourth-order valence-corrected chi connectivity index (χ4v) is 5.00. The lowest BCUT2D eigenvalue weighted by atomic mass is 10.0. The number of nitriles is 1. The van der Waals surface area contributed by atoms with Crippen LogP contribution in [-0.4, -0.2) is 74.2 Å². The number of rotatable bonds is 3. The first kappa shape index (κ1) is 20.8. The SMILES string of the molecule is CN1CCN(c2ccc(-c3ccc4c(c3)CCN4C(=O)C3(F)CCN(C#N)C3)cc2)CC1. The zero-order valence-electron chi connectivity index (χ0n) is 18.4. The summed E-state index contributed by atoms with van der Waals surface area (Å²) in [6.45, 7) is 4.88. The molecular weight excluding hydrogens is 405 g/mol. The number of nitrogens with zero attached hydrogens (tertiary/aromatic N) is 5. The van der Waals surface area contributed by atoms with Crippen LogP contribution in [0.15, 0.2) is 42.5 Å². The van der Waals surface area contributed by atoms with Gasteiger partial charge in [0.05, 0.1) is 6.54 Å². The van der Waals surface area contributed by atoms with Crippen LogP contribution in [0.2, 0.25) is 0 Å². The number of alkyl halides is 1. The van der Waals surface area contributed by atoms with Crippen LogP contribution in [0.1, 0.15) is 12.0 Å². The maximum Gasteiger partial charge on any atom is 0.266 e. The Balaban J connectivity index is 1.32. The predicted molar refractivity (Wildman–Crippen MR) is 123 cm³/mol. The van der Waals surface area contributed by atoms with Crippen molar-refractivity contribution in [1.82, 2.24) is 9.80 Å². The van der Waals surface area contributed by atoms with E-state index in [0.29, 0.717) is 19.5 Å². The second-order valence-corrected chi connectivity index (χ2v) is 9.12. The molecule has 0 aromatic heterocycles. The van der Waals surface area contributed by atoms with Gasteiger partial charge in [0.1, 0.15) is 0 Å². The maximum atomic E-state index is 15.3. The monoisotopic (exact) mass is 433 g/mol. The van der Waals surface area contributed by atoms with Gasteiger partial charge >= 0.3 is 0 Å². The number of anilines is 2. The molecule has 6 nitrogen and oxygen atoms in total. The van der Waals surface area contributed by atoms with Crippen molar-refractivity contribution in [3.63, 3.8) is 0 Å². The molecule has 0 aliphatic carbocycles. The first-order chi connectivity index (χ1) is 15.5. The highest BCUT2D eigenvalue weighted by Crippen LogP contribution is 2.37. The summed E-state index contributed by atoms with van der Waals surface area (Å²) in [5.74, 6) is -0.515. The Labute approximate surface area is 188 Å². The van der Waals surface area contributed by atoms with Crippen LogP contribution in [0.5, 0.6) is 0 Å². The highest BCUT2D eigenvalue weighted by Gasteiger charge is 2.48. The summed E-state index contributed by atoms with van der Waals surface area (Å²) in [7, 11) is 2.16. The van der Waals surface area contributed by atoms with Gasteiger partial charge in [-0.3, -0.25) is 4.79 Å². The van der Waals surface area contributed by atoms with Crippen LogP contribution in [0, 0.1) is 11.5 Å². The van der Waals surface area contributed by atoms with Crippen LogP contribution in [-0.2, 0) is 11.2 Å². The number of fused-ring (bicyclic) bond motifs is 1. The Kier molecular flexibility index (Phi) is 5.26. The fourth-order valence-electron chi connectivity index (χ4n) is 5.00. The molecule has 0 radical (unpaired) electrons. The maximum absolute atomic E-state index is 15.3. The summed E-state index contributed by atoms with van der Waals surface area (Å²) in [6.07, 6.45) is 2.74. The summed E-state index contributed by atoms with van der Waals surface area (Å²) >= 11 is 0. The summed E-state index contributed by atoms with van der Waals surface area (Å²) in [4.78, 5) is 20.6. The molecule has 2 aromatic rings. The predicted octanol–water partition coefficient (Wildman–Crippen LogP) is 2.89. The number of benzene rings is 2. The molecule has 7 heteroatoms. The summed E-state index contributed by atoms with van der Waals surface area (Å²) in [5, 5.41) is 9.02. The number of carbonyl (C=O) groups is 1. The zero-order chi connectivity index (χ0) is 22.3. The lowest BCUT2D eigenvalue weighted by Crippen LogP contribution is -2.47. The van der Waals surface area contributed by atoms with E-state index in [2.05, 4.69) is 47.2 Å². The highest BCUT2D eigenvalue weighted by atomic mass is 19.1. The molecule has 0 spiro atoms. The van der Waals surface area contributed by atoms with Gasteiger partial charge in [0.2, 0.25) is 5.67 Å². The average Bonchev–Trinajstić information content (AvgIpc) is 3.43. The number of halogens is 1. The van der Waals surface area contributed by atoms with Crippen LogP contribution in [0.25, 0.3) is 11.1 Å². The van der Waals surface area contributed by atoms with E-state index >= 15 is 4.39 Å². The number of likely N-dealkylation sites (N-methyl/N-ethyl adjacent to an activating group) is 1. The number of piperazine rings is 1. The quantitative estimate of drug-likeness (QED) is 0.697. The number of hydrogen-bond donors (Lipinski definition) is 0. The summed E-state index contributed by atoms with van der Waals surface area (Å²) in [5.41, 5.74) is 3.37. The van der Waals surface area contributed by atoms with Crippen LogP contribution >= 0.6 is 0 Å². The van der Waals surface area contributed by atoms with Gasteiger partial charge in [0, 0.05) is 57.1 Å². The Hall–Kier alpha value is -3.11. The molecule has 2 aromatic carbocycles. The van der Waals surface area contributed by atoms with Gasteiger partial charge in [0.25, 0.3) is 5.91 Å². The second kappa shape index (κ2) is 8.10. The normalized spacial score (nSPS) is 23.3. The fraction of sp³-hybridized carbons (Fsp3) is 0.440. The van der Waals surface area contributed by atoms with E-state index in [1.807, 2.05) is 18.3 Å². The molecule has 2 saturated heterocycles. The largest absolute Gasteiger partial charge is 0.369 e. The topological polar surface area (TPSA) is 53.8 Å². The van der Waals surface area contributed by atoms with Crippen molar-refractivity contribution in [3.8, 4) is 17.3 Å². The van der Waals surface area contributed by atoms with Gasteiger partial charge in [-0.2, -0.15) is 5.26 Å². The van der Waals surface area contributed by atoms with Crippen molar-refractivity contribution in [2.24, 2.45) is 0 Å². The smallest absolute Gasteiger partial charge is 0.266 e. The Morgan fingerprint density at radius 2 is 1.72 bits per heavy atom. The summed E-state index contributed by atoms with van der Waals surface area (Å²) in [6, 6.07) is 14.7. The first-order valence-corrected chi connectivity index (χ1v) is 11.3. The molecule has 2 fully saturated rings. The number of carbonyl (C=O) groups excluding carboxylic acids is 1. The minimum absolute atomic E-state index is 0.0724. The van der Waals surface area contributed by atoms with E-state index in [4.69, 9.17) is 5.26 Å². The van der Waals surface area contributed by atoms with E-state index < -0.39 is 11.6 Å². The molecule has 5 rings (SSSR count). The highest BCUT2D eigenvalue weighted by molar-refractivity contribution is 6.01. The van der Waals surface area contributed by atoms with E-state index in [1.165, 1.54) is 10.6 Å². The second-order valence-electron chi connectivity index (χ2n) is 9.12. The van der Waals surface area contributed by atoms with Gasteiger partial charge in [0.15, 0.2) is 6.19 Å². The van der Waals surface area contributed by atoms with Gasteiger partial charge in [-0.15, -0.1) is 0 Å². The molecule has 0 saturated carbocycles. The molecule has 166 valence electrons. The average molecular weight is 434 g/mol. The Bertz CT molecular complexity index is 1060. The van der Waals surface area contributed by atoms with E-state index in [1.54, 1.807) is 4.90 Å². The van der Waals surface area contributed by atoms with Crippen molar-refractivity contribution in [1.29, 1.82) is 5.26 Å². The molecule has 3 aliphatic rings. The van der Waals surface area contributed by atoms with E-state index in [-0.39, 0.29) is 13.0 Å². The van der Waals surface area contributed by atoms with E-state index in [0.717, 1.165) is 48.6 Å². The van der Waals surface area contributed by atoms with Gasteiger partial charge < -0.3 is 19.6 Å². The van der Waals surface area contributed by atoms with Gasteiger partial charge in [-0.05, 0) is 54.4 Å². The minimum atomic E-state index is -1.98. The summed E-state index contributed by atoms with van der Waals surface area (Å²) < 4.78 is 15.3. The zero-order valence-corrected chi connectivity index (χ0v) is 18.4. The lowest BCUT2D eigenvalue weighted by Gasteiger charge is -2.34. The molecule has 1 atom stereocenters. The number of likely N-dealkylation sites (tertiary alicyclic amines) is 1. The molecular formula is C25H28FN5O. The number of hydrogen-bond acceptors (Lipinski definition) is 5. The number of amides is 1. The molecule has 3 heterocycles. The Morgan fingerprint density at radius 1 is 1.00 bits per heavy atom. The Morgan fingerprint density at radius 3 is 2.41 bits per heavy atom. The van der Waals surface area contributed by atoms with Gasteiger partial charge in [-0.1, -0.05) is 18.2 Å². The first-order valence-electron chi connectivity index (χ1n) is 11.3. The van der Waals surface area contributed by atoms with Gasteiger partial charge in [-0.25, -0.2) is 4.39 Å². The molecule has 3 aliphatic heterocycles. The minimum Gasteiger partial charge on any atom is -0.369 e. The van der Waals surface area contributed by atoms with Crippen molar-refractivity contribution in [2.45, 2.75) is 18.5 Å². The van der Waals surface area contributed by atoms with Crippen molar-refractivity contribution in [2.75, 3.05) is 62.7 Å².